The van der Waals surface area contributed by atoms with E-state index in [1.165, 1.54) is 0 Å². The number of halogens is 1. The van der Waals surface area contributed by atoms with E-state index in [1.54, 1.807) is 0 Å². The molecule has 0 aliphatic carbocycles. The Morgan fingerprint density at radius 2 is 2.27 bits per heavy atom. The Kier molecular flexibility index (Phi) is 3.37. The van der Waals surface area contributed by atoms with E-state index in [-0.39, 0.29) is 0 Å². The number of nitrogens with one attached hydrogen (secondary N) is 1. The Morgan fingerprint density at radius 1 is 1.47 bits per heavy atom. The van der Waals surface area contributed by atoms with Gasteiger partial charge in [-0.05, 0) is 49.9 Å². The summed E-state index contributed by atoms with van der Waals surface area (Å²) in [7, 11) is 0. The minimum absolute atomic E-state index is 0.514. The third-order valence-electron chi connectivity index (χ3n) is 3.23. The highest BCUT2D eigenvalue weighted by Gasteiger charge is 2.21. The van der Waals surface area contributed by atoms with Crippen LogP contribution in [0.3, 0.4) is 0 Å². The van der Waals surface area contributed by atoms with Crippen LogP contribution >= 0.6 is 0 Å². The standard InChI is InChI=1S/C13H18FN/c1-10-4-2-3-5-12(10)13(14)8-11-6-7-15-9-11/h2-5,11,13,15H,6-9H2,1H3. The number of rotatable bonds is 3. The molecule has 1 fully saturated rings. The van der Waals surface area contributed by atoms with Gasteiger partial charge < -0.3 is 5.32 Å². The van der Waals surface area contributed by atoms with Crippen molar-refractivity contribution in [1.29, 1.82) is 0 Å². The molecule has 0 bridgehead atoms. The van der Waals surface area contributed by atoms with E-state index in [9.17, 15) is 4.39 Å². The van der Waals surface area contributed by atoms with Crippen molar-refractivity contribution in [2.45, 2.75) is 25.9 Å². The second kappa shape index (κ2) is 4.75. The molecule has 1 aliphatic rings. The van der Waals surface area contributed by atoms with Crippen LogP contribution in [0, 0.1) is 12.8 Å². The molecule has 0 radical (unpaired) electrons. The molecule has 0 aromatic heterocycles. The molecule has 1 heterocycles. The largest absolute Gasteiger partial charge is 0.316 e. The second-order valence-electron chi connectivity index (χ2n) is 4.42. The first-order valence-electron chi connectivity index (χ1n) is 5.67. The third kappa shape index (κ3) is 2.57. The summed E-state index contributed by atoms with van der Waals surface area (Å²) in [4.78, 5) is 0. The first-order valence-corrected chi connectivity index (χ1v) is 5.67. The molecule has 2 rings (SSSR count). The monoisotopic (exact) mass is 207 g/mol. The maximum Gasteiger partial charge on any atom is 0.126 e. The van der Waals surface area contributed by atoms with Crippen molar-refractivity contribution in [3.05, 3.63) is 35.4 Å². The summed E-state index contributed by atoms with van der Waals surface area (Å²) >= 11 is 0. The highest BCUT2D eigenvalue weighted by Crippen LogP contribution is 2.29. The molecular formula is C13H18FN. The van der Waals surface area contributed by atoms with Crippen molar-refractivity contribution >= 4 is 0 Å². The highest BCUT2D eigenvalue weighted by atomic mass is 19.1. The summed E-state index contributed by atoms with van der Waals surface area (Å²) in [5.74, 6) is 0.514. The van der Waals surface area contributed by atoms with Crippen LogP contribution in [0.2, 0.25) is 0 Å². The van der Waals surface area contributed by atoms with Gasteiger partial charge in [0.2, 0.25) is 0 Å². The first-order chi connectivity index (χ1) is 7.27. The van der Waals surface area contributed by atoms with Gasteiger partial charge in [0.25, 0.3) is 0 Å². The molecule has 1 nitrogen and oxygen atoms in total. The van der Waals surface area contributed by atoms with E-state index in [0.717, 1.165) is 30.6 Å². The first kappa shape index (κ1) is 10.6. The van der Waals surface area contributed by atoms with E-state index < -0.39 is 6.17 Å². The summed E-state index contributed by atoms with van der Waals surface area (Å²) in [5, 5.41) is 3.28. The topological polar surface area (TPSA) is 12.0 Å². The van der Waals surface area contributed by atoms with Gasteiger partial charge in [0, 0.05) is 0 Å². The Morgan fingerprint density at radius 3 is 2.93 bits per heavy atom. The molecule has 1 saturated heterocycles. The fourth-order valence-electron chi connectivity index (χ4n) is 2.27. The van der Waals surface area contributed by atoms with Crippen molar-refractivity contribution in [2.24, 2.45) is 5.92 Å². The number of hydrogen-bond acceptors (Lipinski definition) is 1. The van der Waals surface area contributed by atoms with Crippen LogP contribution in [0.5, 0.6) is 0 Å². The molecule has 1 aliphatic heterocycles. The molecular weight excluding hydrogens is 189 g/mol. The van der Waals surface area contributed by atoms with E-state index in [0.29, 0.717) is 12.3 Å². The third-order valence-corrected chi connectivity index (χ3v) is 3.23. The Bertz CT molecular complexity index is 318. The molecule has 15 heavy (non-hydrogen) atoms. The zero-order chi connectivity index (χ0) is 10.7. The van der Waals surface area contributed by atoms with E-state index in [1.807, 2.05) is 31.2 Å². The zero-order valence-electron chi connectivity index (χ0n) is 9.17. The second-order valence-corrected chi connectivity index (χ2v) is 4.42. The van der Waals surface area contributed by atoms with Crippen LogP contribution in [0.25, 0.3) is 0 Å². The maximum atomic E-state index is 14.0. The van der Waals surface area contributed by atoms with Crippen molar-refractivity contribution < 1.29 is 4.39 Å². The molecule has 1 aromatic carbocycles. The van der Waals surface area contributed by atoms with Crippen LogP contribution in [0.4, 0.5) is 4.39 Å². The molecule has 0 spiro atoms. The molecule has 1 N–H and O–H groups in total. The lowest BCUT2D eigenvalue weighted by atomic mass is 9.95. The van der Waals surface area contributed by atoms with Gasteiger partial charge in [-0.2, -0.15) is 0 Å². The SMILES string of the molecule is Cc1ccccc1C(F)CC1CCNC1. The zero-order valence-corrected chi connectivity index (χ0v) is 9.17. The fraction of sp³-hybridized carbons (Fsp3) is 0.538. The fourth-order valence-corrected chi connectivity index (χ4v) is 2.27. The lowest BCUT2D eigenvalue weighted by molar-refractivity contribution is 0.280. The molecule has 2 atom stereocenters. The van der Waals surface area contributed by atoms with Gasteiger partial charge >= 0.3 is 0 Å². The molecule has 0 saturated carbocycles. The summed E-state index contributed by atoms with van der Waals surface area (Å²) in [6.45, 7) is 4.01. The minimum atomic E-state index is -0.795. The predicted octanol–water partition coefficient (Wildman–Crippen LogP) is 3.01. The van der Waals surface area contributed by atoms with Crippen LogP contribution in [-0.4, -0.2) is 13.1 Å². The predicted molar refractivity (Wildman–Crippen MR) is 60.6 cm³/mol. The Hall–Kier alpha value is -0.890. The normalized spacial score (nSPS) is 22.9. The summed E-state index contributed by atoms with van der Waals surface area (Å²) in [5.41, 5.74) is 1.93. The van der Waals surface area contributed by atoms with Gasteiger partial charge in [-0.3, -0.25) is 0 Å². The van der Waals surface area contributed by atoms with Gasteiger partial charge in [-0.1, -0.05) is 24.3 Å². The van der Waals surface area contributed by atoms with Gasteiger partial charge in [-0.15, -0.1) is 0 Å². The van der Waals surface area contributed by atoms with Crippen molar-refractivity contribution in [1.82, 2.24) is 5.32 Å². The summed E-state index contributed by atoms with van der Waals surface area (Å²) in [6, 6.07) is 7.77. The maximum absolute atomic E-state index is 14.0. The van der Waals surface area contributed by atoms with E-state index in [4.69, 9.17) is 0 Å². The van der Waals surface area contributed by atoms with Gasteiger partial charge in [0.15, 0.2) is 0 Å². The molecule has 2 heteroatoms. The lowest BCUT2D eigenvalue weighted by Crippen LogP contribution is -2.11. The van der Waals surface area contributed by atoms with Crippen molar-refractivity contribution in [2.75, 3.05) is 13.1 Å². The van der Waals surface area contributed by atoms with Crippen LogP contribution in [0.15, 0.2) is 24.3 Å². The summed E-state index contributed by atoms with van der Waals surface area (Å²) in [6.07, 6.45) is 0.987. The van der Waals surface area contributed by atoms with Crippen LogP contribution in [-0.2, 0) is 0 Å². The Labute approximate surface area is 90.7 Å². The quantitative estimate of drug-likeness (QED) is 0.803. The minimum Gasteiger partial charge on any atom is -0.316 e. The van der Waals surface area contributed by atoms with Crippen LogP contribution in [0.1, 0.15) is 30.1 Å². The van der Waals surface area contributed by atoms with E-state index in [2.05, 4.69) is 5.32 Å². The van der Waals surface area contributed by atoms with E-state index >= 15 is 0 Å². The molecule has 82 valence electrons. The number of alkyl halides is 1. The summed E-state index contributed by atoms with van der Waals surface area (Å²) < 4.78 is 14.0. The lowest BCUT2D eigenvalue weighted by Gasteiger charge is -2.14. The van der Waals surface area contributed by atoms with Crippen molar-refractivity contribution in [3.63, 3.8) is 0 Å². The van der Waals surface area contributed by atoms with Gasteiger partial charge in [-0.25, -0.2) is 4.39 Å². The van der Waals surface area contributed by atoms with Crippen LogP contribution < -0.4 is 5.32 Å². The molecule has 2 unspecified atom stereocenters. The number of benzene rings is 1. The Balaban J connectivity index is 2.00. The highest BCUT2D eigenvalue weighted by molar-refractivity contribution is 5.27. The molecule has 1 aromatic rings. The molecule has 0 amide bonds. The van der Waals surface area contributed by atoms with Gasteiger partial charge in [0.1, 0.15) is 6.17 Å². The van der Waals surface area contributed by atoms with Crippen molar-refractivity contribution in [3.8, 4) is 0 Å². The smallest absolute Gasteiger partial charge is 0.126 e. The average Bonchev–Trinajstić information content (AvgIpc) is 2.71. The number of aryl methyl sites for hydroxylation is 1. The number of hydrogen-bond donors (Lipinski definition) is 1. The van der Waals surface area contributed by atoms with Gasteiger partial charge in [0.05, 0.1) is 0 Å². The average molecular weight is 207 g/mol.